The average molecular weight is 401 g/mol. The van der Waals surface area contributed by atoms with Crippen LogP contribution in [0.15, 0.2) is 71.5 Å². The van der Waals surface area contributed by atoms with Crippen LogP contribution < -0.4 is 10.9 Å². The fraction of sp³-hybridized carbons (Fsp3) is 0.130. The number of carbonyl (C=O) groups is 2. The Morgan fingerprint density at radius 3 is 2.60 bits per heavy atom. The van der Waals surface area contributed by atoms with Gasteiger partial charge in [0.15, 0.2) is 6.61 Å². The number of anilines is 1. The molecule has 0 unspecified atom stereocenters. The van der Waals surface area contributed by atoms with Gasteiger partial charge in [0.1, 0.15) is 5.82 Å². The summed E-state index contributed by atoms with van der Waals surface area (Å²) in [6.07, 6.45) is 0.218. The van der Waals surface area contributed by atoms with Gasteiger partial charge in [-0.25, -0.2) is 4.98 Å². The van der Waals surface area contributed by atoms with Crippen LogP contribution in [0.1, 0.15) is 12.2 Å². The number of ether oxygens (including phenoxy) is 1. The van der Waals surface area contributed by atoms with E-state index in [0.29, 0.717) is 22.4 Å². The Balaban J connectivity index is 1.29. The second kappa shape index (κ2) is 8.57. The Bertz CT molecular complexity index is 1300. The Morgan fingerprint density at radius 2 is 1.73 bits per heavy atom. The number of amides is 1. The maximum absolute atomic E-state index is 12.1. The van der Waals surface area contributed by atoms with Gasteiger partial charge in [0.2, 0.25) is 0 Å². The number of para-hydroxylation sites is 1. The van der Waals surface area contributed by atoms with Crippen LogP contribution in [-0.4, -0.2) is 28.5 Å². The summed E-state index contributed by atoms with van der Waals surface area (Å²) >= 11 is 0. The topological polar surface area (TPSA) is 101 Å². The molecule has 2 N–H and O–H groups in total. The summed E-state index contributed by atoms with van der Waals surface area (Å²) in [5, 5.41) is 5.28. The van der Waals surface area contributed by atoms with E-state index in [1.54, 1.807) is 30.3 Å². The average Bonchev–Trinajstić information content (AvgIpc) is 2.76. The lowest BCUT2D eigenvalue weighted by Gasteiger charge is -2.08. The number of aryl methyl sites for hydroxylation is 1. The summed E-state index contributed by atoms with van der Waals surface area (Å²) in [4.78, 5) is 43.1. The van der Waals surface area contributed by atoms with Crippen LogP contribution in [0.3, 0.4) is 0 Å². The fourth-order valence-electron chi connectivity index (χ4n) is 3.16. The first kappa shape index (κ1) is 19.3. The van der Waals surface area contributed by atoms with E-state index < -0.39 is 11.9 Å². The minimum Gasteiger partial charge on any atom is -0.456 e. The summed E-state index contributed by atoms with van der Waals surface area (Å²) < 4.78 is 5.03. The number of hydrogen-bond acceptors (Lipinski definition) is 5. The lowest BCUT2D eigenvalue weighted by molar-refractivity contribution is -0.147. The van der Waals surface area contributed by atoms with Crippen molar-refractivity contribution in [1.29, 1.82) is 0 Å². The number of H-pyrrole nitrogens is 1. The Kier molecular flexibility index (Phi) is 5.52. The van der Waals surface area contributed by atoms with Crippen LogP contribution in [-0.2, 0) is 20.7 Å². The van der Waals surface area contributed by atoms with Gasteiger partial charge in [-0.05, 0) is 35.0 Å². The van der Waals surface area contributed by atoms with Crippen molar-refractivity contribution in [3.8, 4) is 0 Å². The molecule has 7 heteroatoms. The third-order valence-corrected chi connectivity index (χ3v) is 4.63. The molecule has 0 aliphatic rings. The van der Waals surface area contributed by atoms with Crippen LogP contribution in [0.2, 0.25) is 0 Å². The van der Waals surface area contributed by atoms with E-state index in [-0.39, 0.29) is 25.0 Å². The first-order chi connectivity index (χ1) is 14.6. The third kappa shape index (κ3) is 4.52. The minimum atomic E-state index is -0.542. The molecule has 0 bridgehead atoms. The van der Waals surface area contributed by atoms with Crippen LogP contribution >= 0.6 is 0 Å². The monoisotopic (exact) mass is 401 g/mol. The van der Waals surface area contributed by atoms with Crippen molar-refractivity contribution >= 4 is 39.2 Å². The van der Waals surface area contributed by atoms with Crippen molar-refractivity contribution < 1.29 is 14.3 Å². The van der Waals surface area contributed by atoms with Crippen LogP contribution in [0.5, 0.6) is 0 Å². The predicted octanol–water partition coefficient (Wildman–Crippen LogP) is 3.19. The number of fused-ring (bicyclic) bond motifs is 2. The number of benzene rings is 3. The highest BCUT2D eigenvalue weighted by atomic mass is 16.5. The number of nitrogens with one attached hydrogen (secondary N) is 2. The van der Waals surface area contributed by atoms with Gasteiger partial charge < -0.3 is 15.0 Å². The van der Waals surface area contributed by atoms with Gasteiger partial charge in [-0.2, -0.15) is 0 Å². The van der Waals surface area contributed by atoms with Gasteiger partial charge >= 0.3 is 5.97 Å². The number of esters is 1. The van der Waals surface area contributed by atoms with E-state index in [0.717, 1.165) is 10.8 Å². The van der Waals surface area contributed by atoms with Crippen LogP contribution in [0, 0.1) is 0 Å². The fourth-order valence-corrected chi connectivity index (χ4v) is 3.16. The first-order valence-corrected chi connectivity index (χ1v) is 9.51. The van der Waals surface area contributed by atoms with Gasteiger partial charge in [-0.1, -0.05) is 42.5 Å². The van der Waals surface area contributed by atoms with Gasteiger partial charge in [0, 0.05) is 12.1 Å². The molecule has 4 rings (SSSR count). The lowest BCUT2D eigenvalue weighted by Crippen LogP contribution is -2.21. The molecule has 1 amide bonds. The van der Waals surface area contributed by atoms with E-state index in [1.165, 1.54) is 0 Å². The minimum absolute atomic E-state index is 0.00450. The van der Waals surface area contributed by atoms with Gasteiger partial charge in [0.05, 0.1) is 17.3 Å². The number of carbonyl (C=O) groups excluding carboxylic acids is 2. The van der Waals surface area contributed by atoms with Crippen LogP contribution in [0.4, 0.5) is 5.69 Å². The van der Waals surface area contributed by atoms with Crippen molar-refractivity contribution in [1.82, 2.24) is 9.97 Å². The van der Waals surface area contributed by atoms with Crippen molar-refractivity contribution in [3.05, 3.63) is 82.9 Å². The molecule has 30 heavy (non-hydrogen) atoms. The standard InChI is InChI=1S/C23H19N3O4/c27-21(24-17-10-9-15-5-1-2-6-16(15)13-17)14-30-22(28)12-11-20-25-19-8-4-3-7-18(19)23(29)26-20/h1-10,13H,11-12,14H2,(H,24,27)(H,25,26,29). The Labute approximate surface area is 171 Å². The van der Waals surface area contributed by atoms with E-state index in [2.05, 4.69) is 15.3 Å². The molecule has 1 heterocycles. The Hall–Kier alpha value is -4.00. The normalized spacial score (nSPS) is 10.8. The highest BCUT2D eigenvalue weighted by Crippen LogP contribution is 2.18. The molecule has 0 saturated carbocycles. The molecule has 0 saturated heterocycles. The molecular weight excluding hydrogens is 382 g/mol. The summed E-state index contributed by atoms with van der Waals surface area (Å²) in [6.45, 7) is -0.382. The van der Waals surface area contributed by atoms with Gasteiger partial charge in [0.25, 0.3) is 11.5 Å². The van der Waals surface area contributed by atoms with E-state index in [4.69, 9.17) is 4.74 Å². The highest BCUT2D eigenvalue weighted by Gasteiger charge is 2.10. The molecule has 1 aromatic heterocycles. The van der Waals surface area contributed by atoms with Crippen molar-refractivity contribution in [3.63, 3.8) is 0 Å². The zero-order valence-electron chi connectivity index (χ0n) is 16.1. The SMILES string of the molecule is O=C(COC(=O)CCc1nc2ccccc2c(=O)[nH]1)Nc1ccc2ccccc2c1. The second-order valence-electron chi connectivity index (χ2n) is 6.80. The molecule has 0 spiro atoms. The number of nitrogens with zero attached hydrogens (tertiary/aromatic N) is 1. The number of aromatic amines is 1. The lowest BCUT2D eigenvalue weighted by atomic mass is 10.1. The maximum atomic E-state index is 12.1. The number of hydrogen-bond donors (Lipinski definition) is 2. The third-order valence-electron chi connectivity index (χ3n) is 4.63. The molecule has 0 aliphatic carbocycles. The van der Waals surface area contributed by atoms with E-state index in [1.807, 2.05) is 36.4 Å². The summed E-state index contributed by atoms with van der Waals surface area (Å²) in [5.41, 5.74) is 0.950. The highest BCUT2D eigenvalue weighted by molar-refractivity contribution is 5.95. The molecule has 0 aliphatic heterocycles. The number of aromatic nitrogens is 2. The molecule has 7 nitrogen and oxygen atoms in total. The Morgan fingerprint density at radius 1 is 0.967 bits per heavy atom. The zero-order chi connectivity index (χ0) is 20.9. The smallest absolute Gasteiger partial charge is 0.306 e. The molecule has 0 atom stereocenters. The molecule has 0 radical (unpaired) electrons. The summed E-state index contributed by atoms with van der Waals surface area (Å²) in [6, 6.07) is 20.4. The molecule has 3 aromatic carbocycles. The molecule has 0 fully saturated rings. The van der Waals surface area contributed by atoms with Gasteiger partial charge in [-0.3, -0.25) is 14.4 Å². The summed E-state index contributed by atoms with van der Waals surface area (Å²) in [5.74, 6) is -0.563. The predicted molar refractivity (Wildman–Crippen MR) is 114 cm³/mol. The van der Waals surface area contributed by atoms with Crippen molar-refractivity contribution in [2.45, 2.75) is 12.8 Å². The van der Waals surface area contributed by atoms with Gasteiger partial charge in [-0.15, -0.1) is 0 Å². The molecule has 4 aromatic rings. The van der Waals surface area contributed by atoms with Crippen molar-refractivity contribution in [2.24, 2.45) is 0 Å². The van der Waals surface area contributed by atoms with E-state index in [9.17, 15) is 14.4 Å². The maximum Gasteiger partial charge on any atom is 0.306 e. The second-order valence-corrected chi connectivity index (χ2v) is 6.80. The van der Waals surface area contributed by atoms with Crippen LogP contribution in [0.25, 0.3) is 21.7 Å². The molecular formula is C23H19N3O4. The first-order valence-electron chi connectivity index (χ1n) is 9.51. The largest absolute Gasteiger partial charge is 0.456 e. The number of rotatable bonds is 6. The quantitative estimate of drug-likeness (QED) is 0.483. The zero-order valence-corrected chi connectivity index (χ0v) is 16.1. The van der Waals surface area contributed by atoms with Crippen molar-refractivity contribution in [2.75, 3.05) is 11.9 Å². The summed E-state index contributed by atoms with van der Waals surface area (Å²) in [7, 11) is 0. The molecule has 150 valence electrons. The van der Waals surface area contributed by atoms with E-state index >= 15 is 0 Å².